The van der Waals surface area contributed by atoms with Crippen molar-refractivity contribution in [3.63, 3.8) is 0 Å². The summed E-state index contributed by atoms with van der Waals surface area (Å²) in [5, 5.41) is 14.3. The number of rotatable bonds is 6. The lowest BCUT2D eigenvalue weighted by Crippen LogP contribution is -2.39. The largest absolute Gasteiger partial charge is 0.425 e. The van der Waals surface area contributed by atoms with Crippen LogP contribution in [0.4, 0.5) is 37.9 Å². The number of hydrogen-bond acceptors (Lipinski definition) is 7. The van der Waals surface area contributed by atoms with Gasteiger partial charge in [-0.15, -0.1) is 0 Å². The number of nitrogens with one attached hydrogen (secondary N) is 3. The van der Waals surface area contributed by atoms with Gasteiger partial charge in [0.15, 0.2) is 12.0 Å². The smallest absolute Gasteiger partial charge is 0.415 e. The molecule has 3 heterocycles. The maximum Gasteiger partial charge on any atom is 0.415 e. The van der Waals surface area contributed by atoms with E-state index in [4.69, 9.17) is 9.72 Å². The van der Waals surface area contributed by atoms with E-state index in [0.29, 0.717) is 36.0 Å². The first-order valence-corrected chi connectivity index (χ1v) is 13.1. The normalized spacial score (nSPS) is 15.2. The van der Waals surface area contributed by atoms with Crippen LogP contribution in [0.2, 0.25) is 0 Å². The van der Waals surface area contributed by atoms with Gasteiger partial charge in [-0.1, -0.05) is 20.8 Å². The van der Waals surface area contributed by atoms with Gasteiger partial charge in [0, 0.05) is 42.2 Å². The Balaban J connectivity index is 1.42. The van der Waals surface area contributed by atoms with Crippen LogP contribution in [0.3, 0.4) is 0 Å². The number of H-pyrrole nitrogens is 1. The fourth-order valence-electron chi connectivity index (χ4n) is 4.38. The molecule has 0 spiro atoms. The standard InChI is InChI=1S/C29H32FN7O3/c1-29(2,3)27(38)33-23-13-14-24(32-20-9-12-22-18(16-20)17-31-35-22)34-26(23)37-15-5-6-25(37)40-28(39)36(4)21-10-7-19(30)8-11-21/h7-14,16-17,25H,5-6,15H2,1-4H3,(H,31,35)(H,32,34)(H,33,38)/t25-/m0/s1. The highest BCUT2D eigenvalue weighted by Crippen LogP contribution is 2.34. The second-order valence-corrected chi connectivity index (χ2v) is 10.8. The van der Waals surface area contributed by atoms with Crippen LogP contribution in [-0.2, 0) is 9.53 Å². The van der Waals surface area contributed by atoms with Gasteiger partial charge < -0.3 is 20.3 Å². The highest BCUT2D eigenvalue weighted by Gasteiger charge is 2.33. The molecule has 2 aromatic carbocycles. The molecule has 0 saturated carbocycles. The summed E-state index contributed by atoms with van der Waals surface area (Å²) in [6, 6.07) is 15.0. The summed E-state index contributed by atoms with van der Waals surface area (Å²) in [6.07, 6.45) is 1.92. The third-order valence-corrected chi connectivity index (χ3v) is 6.71. The molecule has 10 nitrogen and oxygen atoms in total. The Labute approximate surface area is 231 Å². The summed E-state index contributed by atoms with van der Waals surface area (Å²) in [5.41, 5.74) is 2.15. The van der Waals surface area contributed by atoms with Crippen molar-refractivity contribution in [2.75, 3.05) is 34.0 Å². The second kappa shape index (κ2) is 10.8. The van der Waals surface area contributed by atoms with E-state index in [1.54, 1.807) is 25.4 Å². The summed E-state index contributed by atoms with van der Waals surface area (Å²) >= 11 is 0. The van der Waals surface area contributed by atoms with Crippen molar-refractivity contribution in [2.45, 2.75) is 39.8 Å². The Morgan fingerprint density at radius 1 is 1.12 bits per heavy atom. The van der Waals surface area contributed by atoms with Gasteiger partial charge in [-0.3, -0.25) is 14.8 Å². The van der Waals surface area contributed by atoms with Crippen LogP contribution in [0, 0.1) is 11.2 Å². The first-order chi connectivity index (χ1) is 19.1. The molecule has 5 rings (SSSR count). The van der Waals surface area contributed by atoms with Gasteiger partial charge in [0.25, 0.3) is 0 Å². The minimum Gasteiger partial charge on any atom is -0.425 e. The number of fused-ring (bicyclic) bond motifs is 1. The first kappa shape index (κ1) is 26.9. The van der Waals surface area contributed by atoms with E-state index in [1.165, 1.54) is 29.2 Å². The van der Waals surface area contributed by atoms with Crippen LogP contribution >= 0.6 is 0 Å². The number of anilines is 5. The molecule has 1 atom stereocenters. The van der Waals surface area contributed by atoms with Crippen molar-refractivity contribution in [3.8, 4) is 0 Å². The highest BCUT2D eigenvalue weighted by molar-refractivity contribution is 5.97. The average Bonchev–Trinajstić information content (AvgIpc) is 3.58. The Morgan fingerprint density at radius 3 is 2.65 bits per heavy atom. The lowest BCUT2D eigenvalue weighted by atomic mass is 9.95. The average molecular weight is 546 g/mol. The molecule has 0 unspecified atom stereocenters. The van der Waals surface area contributed by atoms with Crippen LogP contribution in [-0.4, -0.2) is 47.0 Å². The van der Waals surface area contributed by atoms with Gasteiger partial charge in [-0.05, 0) is 61.0 Å². The Morgan fingerprint density at radius 2 is 1.90 bits per heavy atom. The topological polar surface area (TPSA) is 115 Å². The molecule has 1 fully saturated rings. The Hall–Kier alpha value is -4.67. The minimum absolute atomic E-state index is 0.162. The van der Waals surface area contributed by atoms with Gasteiger partial charge in [0.05, 0.1) is 17.4 Å². The second-order valence-electron chi connectivity index (χ2n) is 10.8. The summed E-state index contributed by atoms with van der Waals surface area (Å²) in [6.45, 7) is 6.09. The summed E-state index contributed by atoms with van der Waals surface area (Å²) in [7, 11) is 1.57. The Bertz CT molecular complexity index is 1530. The molecule has 1 saturated heterocycles. The number of hydrogen-bond donors (Lipinski definition) is 3. The zero-order valence-electron chi connectivity index (χ0n) is 22.9. The number of nitrogens with zero attached hydrogens (tertiary/aromatic N) is 4. The molecule has 2 aromatic heterocycles. The number of benzene rings is 2. The molecule has 0 bridgehead atoms. The van der Waals surface area contributed by atoms with E-state index in [1.807, 2.05) is 43.9 Å². The van der Waals surface area contributed by atoms with Gasteiger partial charge in [0.2, 0.25) is 5.91 Å². The number of halogens is 1. The van der Waals surface area contributed by atoms with E-state index < -0.39 is 17.7 Å². The van der Waals surface area contributed by atoms with Gasteiger partial charge in [0.1, 0.15) is 11.6 Å². The third-order valence-electron chi connectivity index (χ3n) is 6.71. The fraction of sp³-hybridized carbons (Fsp3) is 0.310. The number of carbonyl (C=O) groups excluding carboxylic acids is 2. The maximum absolute atomic E-state index is 13.4. The molecule has 0 radical (unpaired) electrons. The summed E-state index contributed by atoms with van der Waals surface area (Å²) in [5.74, 6) is 0.505. The first-order valence-electron chi connectivity index (χ1n) is 13.1. The minimum atomic E-state index is -0.622. The number of aromatic amines is 1. The van der Waals surface area contributed by atoms with Crippen LogP contribution < -0.4 is 20.4 Å². The van der Waals surface area contributed by atoms with Crippen LogP contribution in [0.1, 0.15) is 33.6 Å². The Kier molecular flexibility index (Phi) is 7.29. The van der Waals surface area contributed by atoms with Crippen LogP contribution in [0.25, 0.3) is 10.9 Å². The molecular weight excluding hydrogens is 513 g/mol. The zero-order valence-corrected chi connectivity index (χ0v) is 22.9. The molecule has 1 aliphatic rings. The molecule has 2 amide bonds. The van der Waals surface area contributed by atoms with Crippen molar-refractivity contribution < 1.29 is 18.7 Å². The molecule has 3 N–H and O–H groups in total. The van der Waals surface area contributed by atoms with Gasteiger partial charge >= 0.3 is 6.09 Å². The van der Waals surface area contributed by atoms with Crippen molar-refractivity contribution in [3.05, 3.63) is 66.6 Å². The number of amides is 2. The quantitative estimate of drug-likeness (QED) is 0.271. The number of ether oxygens (including phenoxy) is 1. The summed E-state index contributed by atoms with van der Waals surface area (Å²) < 4.78 is 19.2. The predicted molar refractivity (Wildman–Crippen MR) is 153 cm³/mol. The van der Waals surface area contributed by atoms with E-state index in [9.17, 15) is 14.0 Å². The summed E-state index contributed by atoms with van der Waals surface area (Å²) in [4.78, 5) is 34.0. The highest BCUT2D eigenvalue weighted by atomic mass is 19.1. The van der Waals surface area contributed by atoms with Gasteiger partial charge in [-0.25, -0.2) is 14.2 Å². The molecule has 40 heavy (non-hydrogen) atoms. The molecule has 208 valence electrons. The van der Waals surface area contributed by atoms with E-state index in [-0.39, 0.29) is 11.7 Å². The SMILES string of the molecule is CN(C(=O)O[C@H]1CCCN1c1nc(Nc2ccc3[nH]ncc3c2)ccc1NC(=O)C(C)(C)C)c1ccc(F)cc1. The predicted octanol–water partition coefficient (Wildman–Crippen LogP) is 6.02. The van der Waals surface area contributed by atoms with Crippen molar-refractivity contribution in [1.82, 2.24) is 15.2 Å². The fourth-order valence-corrected chi connectivity index (χ4v) is 4.38. The molecule has 0 aliphatic carbocycles. The maximum atomic E-state index is 13.4. The monoisotopic (exact) mass is 545 g/mol. The van der Waals surface area contributed by atoms with Crippen LogP contribution in [0.5, 0.6) is 0 Å². The molecular formula is C29H32FN7O3. The molecule has 1 aliphatic heterocycles. The van der Waals surface area contributed by atoms with E-state index >= 15 is 0 Å². The number of pyridine rings is 1. The van der Waals surface area contributed by atoms with Gasteiger partial charge in [-0.2, -0.15) is 5.10 Å². The van der Waals surface area contributed by atoms with Crippen LogP contribution in [0.15, 0.2) is 60.8 Å². The lowest BCUT2D eigenvalue weighted by molar-refractivity contribution is -0.123. The number of aromatic nitrogens is 3. The zero-order chi connectivity index (χ0) is 28.4. The number of carbonyl (C=O) groups is 2. The lowest BCUT2D eigenvalue weighted by Gasteiger charge is -2.30. The molecule has 4 aromatic rings. The molecule has 11 heteroatoms. The van der Waals surface area contributed by atoms with Crippen molar-refractivity contribution >= 4 is 51.6 Å². The third kappa shape index (κ3) is 5.83. The van der Waals surface area contributed by atoms with Crippen molar-refractivity contribution in [1.29, 1.82) is 0 Å². The van der Waals surface area contributed by atoms with E-state index in [2.05, 4.69) is 20.8 Å². The van der Waals surface area contributed by atoms with Crippen molar-refractivity contribution in [2.24, 2.45) is 5.41 Å². The van der Waals surface area contributed by atoms with E-state index in [0.717, 1.165) is 23.0 Å².